The number of carbonyl (C=O) groups excluding carboxylic acids is 2. The molecule has 8 nitrogen and oxygen atoms in total. The molecule has 9 heteroatoms. The molecular formula is C26H27N3O5S. The molecule has 2 N–H and O–H groups in total. The molecule has 2 atom stereocenters. The fourth-order valence-electron chi connectivity index (χ4n) is 3.96. The molecule has 0 radical (unpaired) electrons. The number of amides is 2. The van der Waals surface area contributed by atoms with Gasteiger partial charge in [0, 0.05) is 13.0 Å². The number of benzene rings is 3. The zero-order valence-corrected chi connectivity index (χ0v) is 20.3. The van der Waals surface area contributed by atoms with Crippen molar-refractivity contribution in [2.24, 2.45) is 0 Å². The first kappa shape index (κ1) is 24.3. The monoisotopic (exact) mass is 493 g/mol. The second kappa shape index (κ2) is 10.2. The van der Waals surface area contributed by atoms with Crippen molar-refractivity contribution >= 4 is 33.2 Å². The van der Waals surface area contributed by atoms with Gasteiger partial charge in [0.1, 0.15) is 5.75 Å². The van der Waals surface area contributed by atoms with Gasteiger partial charge in [-0.1, -0.05) is 54.6 Å². The molecule has 182 valence electrons. The number of sulfonamides is 1. The minimum atomic E-state index is -3.55. The number of hydrogen-bond donors (Lipinski definition) is 2. The number of carbonyl (C=O) groups is 2. The van der Waals surface area contributed by atoms with Crippen molar-refractivity contribution in [3.05, 3.63) is 90.0 Å². The smallest absolute Gasteiger partial charge is 0.265 e. The van der Waals surface area contributed by atoms with Gasteiger partial charge in [-0.3, -0.25) is 13.9 Å². The van der Waals surface area contributed by atoms with Crippen LogP contribution in [0.1, 0.15) is 35.3 Å². The molecule has 2 amide bonds. The highest BCUT2D eigenvalue weighted by atomic mass is 32.2. The lowest BCUT2D eigenvalue weighted by Gasteiger charge is -2.20. The van der Waals surface area contributed by atoms with Gasteiger partial charge in [0.05, 0.1) is 29.2 Å². The van der Waals surface area contributed by atoms with E-state index in [4.69, 9.17) is 4.74 Å². The Balaban J connectivity index is 1.52. The fraction of sp³-hybridized carbons (Fsp3) is 0.231. The number of anilines is 2. The first-order chi connectivity index (χ1) is 16.7. The van der Waals surface area contributed by atoms with Crippen molar-refractivity contribution < 1.29 is 22.7 Å². The summed E-state index contributed by atoms with van der Waals surface area (Å²) in [5, 5.41) is 5.75. The summed E-state index contributed by atoms with van der Waals surface area (Å²) >= 11 is 0. The number of fused-ring (bicyclic) bond motifs is 1. The van der Waals surface area contributed by atoms with Crippen LogP contribution in [-0.2, 0) is 14.8 Å². The van der Waals surface area contributed by atoms with E-state index in [9.17, 15) is 18.0 Å². The molecular weight excluding hydrogens is 466 g/mol. The highest BCUT2D eigenvalue weighted by molar-refractivity contribution is 7.92. The van der Waals surface area contributed by atoms with Crippen LogP contribution >= 0.6 is 0 Å². The summed E-state index contributed by atoms with van der Waals surface area (Å²) in [4.78, 5) is 26.2. The summed E-state index contributed by atoms with van der Waals surface area (Å²) in [5.74, 6) is -0.488. The van der Waals surface area contributed by atoms with E-state index in [-0.39, 0.29) is 24.9 Å². The van der Waals surface area contributed by atoms with Crippen molar-refractivity contribution in [1.82, 2.24) is 5.32 Å². The first-order valence-corrected chi connectivity index (χ1v) is 13.1. The molecule has 1 aliphatic heterocycles. The quantitative estimate of drug-likeness (QED) is 0.544. The number of ether oxygens (including phenoxy) is 1. The second-order valence-electron chi connectivity index (χ2n) is 8.34. The molecule has 0 saturated carbocycles. The number of rotatable bonds is 6. The zero-order chi connectivity index (χ0) is 25.0. The Bertz CT molecular complexity index is 1330. The molecule has 0 saturated heterocycles. The van der Waals surface area contributed by atoms with Crippen molar-refractivity contribution in [3.63, 3.8) is 0 Å². The van der Waals surface area contributed by atoms with E-state index in [2.05, 4.69) is 10.6 Å². The van der Waals surface area contributed by atoms with Gasteiger partial charge < -0.3 is 15.4 Å². The molecule has 0 fully saturated rings. The van der Waals surface area contributed by atoms with E-state index in [1.54, 1.807) is 48.5 Å². The van der Waals surface area contributed by atoms with Crippen LogP contribution in [0, 0.1) is 0 Å². The largest absolute Gasteiger partial charge is 0.478 e. The highest BCUT2D eigenvalue weighted by Crippen LogP contribution is 2.34. The summed E-state index contributed by atoms with van der Waals surface area (Å²) in [7, 11) is -3.55. The van der Waals surface area contributed by atoms with Gasteiger partial charge in [0.2, 0.25) is 10.0 Å². The summed E-state index contributed by atoms with van der Waals surface area (Å²) < 4.78 is 31.8. The minimum Gasteiger partial charge on any atom is -0.478 e. The Hall–Kier alpha value is -3.85. The molecule has 1 aliphatic rings. The maximum absolute atomic E-state index is 13.2. The molecule has 0 unspecified atom stereocenters. The summed E-state index contributed by atoms with van der Waals surface area (Å²) in [6.07, 6.45) is 0.324. The molecule has 0 aliphatic carbocycles. The third-order valence-corrected chi connectivity index (χ3v) is 6.95. The Labute approximate surface area is 205 Å². The van der Waals surface area contributed by atoms with Crippen molar-refractivity contribution in [3.8, 4) is 5.75 Å². The average molecular weight is 494 g/mol. The van der Waals surface area contributed by atoms with Gasteiger partial charge in [-0.25, -0.2) is 8.42 Å². The lowest BCUT2D eigenvalue weighted by atomic mass is 10.1. The SMILES string of the molecule is C[C@H](NC(=O)c1ccccc1NC(=O)[C@@H]1CCN(S(C)(=O)=O)c2ccccc2O1)c1ccccc1. The Morgan fingerprint density at radius 3 is 2.37 bits per heavy atom. The van der Waals surface area contributed by atoms with Gasteiger partial charge in [0.25, 0.3) is 11.8 Å². The normalized spacial score (nSPS) is 16.3. The van der Waals surface area contributed by atoms with Crippen LogP contribution in [0.25, 0.3) is 0 Å². The van der Waals surface area contributed by atoms with Gasteiger partial charge in [0.15, 0.2) is 6.10 Å². The number of para-hydroxylation sites is 3. The topological polar surface area (TPSA) is 105 Å². The molecule has 0 spiro atoms. The number of nitrogens with zero attached hydrogens (tertiary/aromatic N) is 1. The molecule has 0 bridgehead atoms. The van der Waals surface area contributed by atoms with E-state index in [1.807, 2.05) is 37.3 Å². The van der Waals surface area contributed by atoms with Crippen LogP contribution in [0.5, 0.6) is 5.75 Å². The predicted octanol–water partition coefficient (Wildman–Crippen LogP) is 3.73. The van der Waals surface area contributed by atoms with E-state index in [0.717, 1.165) is 11.8 Å². The van der Waals surface area contributed by atoms with Gasteiger partial charge in [-0.15, -0.1) is 0 Å². The van der Waals surface area contributed by atoms with Crippen molar-refractivity contribution in [2.75, 3.05) is 22.4 Å². The van der Waals surface area contributed by atoms with Crippen LogP contribution < -0.4 is 19.7 Å². The van der Waals surface area contributed by atoms with Crippen LogP contribution in [0.2, 0.25) is 0 Å². The summed E-state index contributed by atoms with van der Waals surface area (Å²) in [6, 6.07) is 22.8. The van der Waals surface area contributed by atoms with E-state index >= 15 is 0 Å². The molecule has 1 heterocycles. The fourth-order valence-corrected chi connectivity index (χ4v) is 4.91. The Morgan fingerprint density at radius 1 is 0.971 bits per heavy atom. The standard InChI is InChI=1S/C26H27N3O5S/c1-18(19-10-4-3-5-11-19)27-25(30)20-12-6-7-13-21(20)28-26(31)24-16-17-29(35(2,32)33)22-14-8-9-15-23(22)34-24/h3-15,18,24H,16-17H2,1-2H3,(H,27,30)(H,28,31)/t18-,24-/m0/s1. The molecule has 0 aromatic heterocycles. The third-order valence-electron chi connectivity index (χ3n) is 5.77. The predicted molar refractivity (Wildman–Crippen MR) is 135 cm³/mol. The maximum atomic E-state index is 13.2. The van der Waals surface area contributed by atoms with Crippen LogP contribution in [0.15, 0.2) is 78.9 Å². The van der Waals surface area contributed by atoms with E-state index in [1.165, 1.54) is 4.31 Å². The highest BCUT2D eigenvalue weighted by Gasteiger charge is 2.31. The van der Waals surface area contributed by atoms with Gasteiger partial charge >= 0.3 is 0 Å². The lowest BCUT2D eigenvalue weighted by molar-refractivity contribution is -0.122. The molecule has 4 rings (SSSR count). The van der Waals surface area contributed by atoms with Crippen LogP contribution in [0.4, 0.5) is 11.4 Å². The minimum absolute atomic E-state index is 0.0880. The van der Waals surface area contributed by atoms with E-state index < -0.39 is 22.0 Å². The number of nitrogens with one attached hydrogen (secondary N) is 2. The summed E-state index contributed by atoms with van der Waals surface area (Å²) in [6.45, 7) is 1.98. The maximum Gasteiger partial charge on any atom is 0.265 e. The zero-order valence-electron chi connectivity index (χ0n) is 19.5. The second-order valence-corrected chi connectivity index (χ2v) is 10.2. The third kappa shape index (κ3) is 5.63. The summed E-state index contributed by atoms with van der Waals surface area (Å²) in [5.41, 5.74) is 2.01. The van der Waals surface area contributed by atoms with Gasteiger partial charge in [-0.2, -0.15) is 0 Å². The van der Waals surface area contributed by atoms with Crippen molar-refractivity contribution in [1.29, 1.82) is 0 Å². The molecule has 35 heavy (non-hydrogen) atoms. The Kier molecular flexibility index (Phi) is 7.07. The number of hydrogen-bond acceptors (Lipinski definition) is 5. The molecule has 3 aromatic rings. The van der Waals surface area contributed by atoms with E-state index in [0.29, 0.717) is 22.7 Å². The molecule has 3 aromatic carbocycles. The Morgan fingerprint density at radius 2 is 1.63 bits per heavy atom. The van der Waals surface area contributed by atoms with Crippen LogP contribution in [0.3, 0.4) is 0 Å². The lowest BCUT2D eigenvalue weighted by Crippen LogP contribution is -2.36. The van der Waals surface area contributed by atoms with Crippen molar-refractivity contribution in [2.45, 2.75) is 25.5 Å². The first-order valence-electron chi connectivity index (χ1n) is 11.2. The van der Waals surface area contributed by atoms with Crippen LogP contribution in [-0.4, -0.2) is 39.1 Å². The van der Waals surface area contributed by atoms with Gasteiger partial charge in [-0.05, 0) is 36.8 Å². The average Bonchev–Trinajstić information content (AvgIpc) is 3.05.